The molecular weight excluding hydrogens is 576 g/mol. The topological polar surface area (TPSA) is 93.1 Å². The summed E-state index contributed by atoms with van der Waals surface area (Å²) in [6.07, 6.45) is 36.6. The Labute approximate surface area is 284 Å². The van der Waals surface area contributed by atoms with Crippen LogP contribution in [0.15, 0.2) is 24.3 Å². The number of allylic oxidation sites excluding steroid dienone is 2. The fourth-order valence-electron chi connectivity index (χ4n) is 5.44. The van der Waals surface area contributed by atoms with E-state index in [0.29, 0.717) is 26.1 Å². The van der Waals surface area contributed by atoms with Gasteiger partial charge in [-0.05, 0) is 77.0 Å². The molecule has 0 rings (SSSR count). The molecule has 0 aliphatic heterocycles. The van der Waals surface area contributed by atoms with Crippen LogP contribution < -0.4 is 0 Å². The molecule has 0 radical (unpaired) electrons. The molecule has 0 aliphatic carbocycles. The van der Waals surface area contributed by atoms with Gasteiger partial charge in [0.1, 0.15) is 0 Å². The zero-order chi connectivity index (χ0) is 33.8. The van der Waals surface area contributed by atoms with Gasteiger partial charge in [-0.2, -0.15) is 0 Å². The van der Waals surface area contributed by atoms with Crippen molar-refractivity contribution in [2.75, 3.05) is 13.2 Å². The highest BCUT2D eigenvalue weighted by molar-refractivity contribution is 5.69. The van der Waals surface area contributed by atoms with Gasteiger partial charge in [0.25, 0.3) is 0 Å². The number of aliphatic hydroxyl groups excluding tert-OH is 2. The highest BCUT2D eigenvalue weighted by Gasteiger charge is 2.05. The van der Waals surface area contributed by atoms with E-state index in [1.807, 2.05) is 0 Å². The van der Waals surface area contributed by atoms with Gasteiger partial charge in [0.2, 0.25) is 0 Å². The van der Waals surface area contributed by atoms with Crippen LogP contribution in [0.4, 0.5) is 0 Å². The summed E-state index contributed by atoms with van der Waals surface area (Å²) in [6.45, 7) is 5.20. The van der Waals surface area contributed by atoms with Gasteiger partial charge in [0, 0.05) is 12.8 Å². The molecule has 0 fully saturated rings. The molecule has 0 spiro atoms. The number of rotatable bonds is 35. The van der Waals surface area contributed by atoms with Crippen molar-refractivity contribution in [3.05, 3.63) is 24.3 Å². The van der Waals surface area contributed by atoms with Crippen LogP contribution in [-0.2, 0) is 19.1 Å². The van der Waals surface area contributed by atoms with Crippen molar-refractivity contribution < 1.29 is 29.3 Å². The quantitative estimate of drug-likeness (QED) is 0.0403. The lowest BCUT2D eigenvalue weighted by Gasteiger charge is -2.07. The van der Waals surface area contributed by atoms with Crippen molar-refractivity contribution in [2.45, 2.75) is 206 Å². The van der Waals surface area contributed by atoms with Crippen molar-refractivity contribution >= 4 is 11.9 Å². The summed E-state index contributed by atoms with van der Waals surface area (Å²) in [5.41, 5.74) is 0. The van der Waals surface area contributed by atoms with Crippen LogP contribution in [0.3, 0.4) is 0 Å². The second-order valence-corrected chi connectivity index (χ2v) is 13.2. The highest BCUT2D eigenvalue weighted by atomic mass is 16.5. The fourth-order valence-corrected chi connectivity index (χ4v) is 5.44. The van der Waals surface area contributed by atoms with Crippen LogP contribution in [0.25, 0.3) is 0 Å². The van der Waals surface area contributed by atoms with Gasteiger partial charge in [0.15, 0.2) is 0 Å². The molecule has 0 heterocycles. The van der Waals surface area contributed by atoms with Crippen LogP contribution in [0.5, 0.6) is 0 Å². The van der Waals surface area contributed by atoms with E-state index in [1.54, 1.807) is 0 Å². The molecule has 270 valence electrons. The molecule has 0 aromatic carbocycles. The first-order valence-electron chi connectivity index (χ1n) is 19.5. The summed E-state index contributed by atoms with van der Waals surface area (Å²) in [6, 6.07) is 0. The standard InChI is InChI=1S/C40H74O6/c1-3-5-7-21-29-37(41)31-23-17-13-9-11-15-19-25-33-39(43)45-35-27-28-36-46-40(44)34-26-20-16-12-10-14-18-24-32-38(42)30-22-8-6-4-2/h17-18,23-24,37-38,41-42H,3-16,19-22,25-36H2,1-2H3/t37-,38-/m1/s1. The molecule has 0 amide bonds. The van der Waals surface area contributed by atoms with Gasteiger partial charge in [-0.25, -0.2) is 0 Å². The SMILES string of the molecule is CCCCCC[C@@H](O)CC=CCCCCCCCC(=O)OCCCCOC(=O)CCCCCCCC=CC[C@H](O)CCCCCC. The first kappa shape index (κ1) is 44.3. The summed E-state index contributed by atoms with van der Waals surface area (Å²) in [5.74, 6) is -0.257. The minimum atomic E-state index is -0.192. The van der Waals surface area contributed by atoms with E-state index in [9.17, 15) is 19.8 Å². The zero-order valence-electron chi connectivity index (χ0n) is 30.2. The largest absolute Gasteiger partial charge is 0.466 e. The van der Waals surface area contributed by atoms with Crippen molar-refractivity contribution in [3.63, 3.8) is 0 Å². The van der Waals surface area contributed by atoms with E-state index in [0.717, 1.165) is 116 Å². The summed E-state index contributed by atoms with van der Waals surface area (Å²) in [5, 5.41) is 20.0. The maximum atomic E-state index is 11.9. The molecule has 2 N–H and O–H groups in total. The van der Waals surface area contributed by atoms with E-state index in [4.69, 9.17) is 9.47 Å². The number of hydrogen-bond donors (Lipinski definition) is 2. The summed E-state index contributed by atoms with van der Waals surface area (Å²) in [7, 11) is 0. The van der Waals surface area contributed by atoms with Crippen molar-refractivity contribution in [3.8, 4) is 0 Å². The fraction of sp³-hybridized carbons (Fsp3) is 0.850. The molecule has 0 aromatic rings. The maximum Gasteiger partial charge on any atom is 0.305 e. The number of ether oxygens (including phenoxy) is 2. The minimum absolute atomic E-state index is 0.129. The summed E-state index contributed by atoms with van der Waals surface area (Å²) < 4.78 is 10.6. The predicted octanol–water partition coefficient (Wildman–Crippen LogP) is 10.9. The van der Waals surface area contributed by atoms with Gasteiger partial charge >= 0.3 is 11.9 Å². The smallest absolute Gasteiger partial charge is 0.305 e. The van der Waals surface area contributed by atoms with Gasteiger partial charge in [-0.1, -0.05) is 128 Å². The van der Waals surface area contributed by atoms with E-state index in [2.05, 4.69) is 38.2 Å². The average Bonchev–Trinajstić information content (AvgIpc) is 3.04. The number of esters is 2. The third-order valence-electron chi connectivity index (χ3n) is 8.50. The minimum Gasteiger partial charge on any atom is -0.466 e. The Hall–Kier alpha value is -1.66. The lowest BCUT2D eigenvalue weighted by atomic mass is 10.1. The van der Waals surface area contributed by atoms with Crippen LogP contribution in [0.2, 0.25) is 0 Å². The molecule has 46 heavy (non-hydrogen) atoms. The van der Waals surface area contributed by atoms with Gasteiger partial charge in [-0.3, -0.25) is 9.59 Å². The molecule has 6 nitrogen and oxygen atoms in total. The van der Waals surface area contributed by atoms with Crippen LogP contribution in [0, 0.1) is 0 Å². The number of unbranched alkanes of at least 4 members (excludes halogenated alkanes) is 17. The predicted molar refractivity (Wildman–Crippen MR) is 193 cm³/mol. The molecule has 0 aliphatic rings. The Balaban J connectivity index is 3.41. The third-order valence-corrected chi connectivity index (χ3v) is 8.50. The number of hydrogen-bond acceptors (Lipinski definition) is 6. The second kappa shape index (κ2) is 36.2. The van der Waals surface area contributed by atoms with E-state index in [-0.39, 0.29) is 24.1 Å². The van der Waals surface area contributed by atoms with Crippen LogP contribution in [0.1, 0.15) is 194 Å². The number of carbonyl (C=O) groups is 2. The lowest BCUT2D eigenvalue weighted by Crippen LogP contribution is -2.08. The Morgan fingerprint density at radius 1 is 0.478 bits per heavy atom. The first-order chi connectivity index (χ1) is 22.5. The molecule has 0 saturated carbocycles. The lowest BCUT2D eigenvalue weighted by molar-refractivity contribution is -0.146. The molecule has 0 unspecified atom stereocenters. The van der Waals surface area contributed by atoms with Crippen LogP contribution >= 0.6 is 0 Å². The third kappa shape index (κ3) is 35.2. The van der Waals surface area contributed by atoms with Crippen LogP contribution in [-0.4, -0.2) is 47.6 Å². The Morgan fingerprint density at radius 3 is 1.26 bits per heavy atom. The van der Waals surface area contributed by atoms with Crippen molar-refractivity contribution in [1.29, 1.82) is 0 Å². The first-order valence-corrected chi connectivity index (χ1v) is 19.5. The molecule has 0 aromatic heterocycles. The number of carbonyl (C=O) groups excluding carboxylic acids is 2. The second-order valence-electron chi connectivity index (χ2n) is 13.2. The number of aliphatic hydroxyl groups is 2. The van der Waals surface area contributed by atoms with Gasteiger partial charge in [-0.15, -0.1) is 0 Å². The molecule has 2 atom stereocenters. The van der Waals surface area contributed by atoms with E-state index in [1.165, 1.54) is 51.4 Å². The van der Waals surface area contributed by atoms with E-state index < -0.39 is 0 Å². The summed E-state index contributed by atoms with van der Waals surface area (Å²) in [4.78, 5) is 23.9. The normalized spacial score (nSPS) is 13.0. The highest BCUT2D eigenvalue weighted by Crippen LogP contribution is 2.13. The van der Waals surface area contributed by atoms with Crippen molar-refractivity contribution in [1.82, 2.24) is 0 Å². The van der Waals surface area contributed by atoms with Crippen molar-refractivity contribution in [2.24, 2.45) is 0 Å². The zero-order valence-corrected chi connectivity index (χ0v) is 30.2. The molecule has 0 saturated heterocycles. The Bertz CT molecular complexity index is 659. The molecular formula is C40H74O6. The Kier molecular flexibility index (Phi) is 34.9. The van der Waals surface area contributed by atoms with Gasteiger partial charge < -0.3 is 19.7 Å². The average molecular weight is 651 g/mol. The molecule has 6 heteroatoms. The summed E-state index contributed by atoms with van der Waals surface area (Å²) >= 11 is 0. The monoisotopic (exact) mass is 651 g/mol. The molecule has 0 bridgehead atoms. The maximum absolute atomic E-state index is 11.9. The van der Waals surface area contributed by atoms with E-state index >= 15 is 0 Å². The van der Waals surface area contributed by atoms with Gasteiger partial charge in [0.05, 0.1) is 25.4 Å². The Morgan fingerprint density at radius 2 is 0.848 bits per heavy atom.